The second-order valence-electron chi connectivity index (χ2n) is 6.57. The van der Waals surface area contributed by atoms with Crippen molar-refractivity contribution >= 4 is 17.3 Å². The quantitative estimate of drug-likeness (QED) is 0.201. The molecule has 0 unspecified atom stereocenters. The summed E-state index contributed by atoms with van der Waals surface area (Å²) in [6, 6.07) is 0. The summed E-state index contributed by atoms with van der Waals surface area (Å²) in [4.78, 5) is 0. The average molecular weight is 329 g/mol. The van der Waals surface area contributed by atoms with Crippen LogP contribution in [0.15, 0.2) is 0 Å². The zero-order valence-corrected chi connectivity index (χ0v) is 16.2. The second-order valence-corrected chi connectivity index (χ2v) is 7.02. The molecule has 132 valence electrons. The molecule has 0 rings (SSSR count). The van der Waals surface area contributed by atoms with Crippen molar-refractivity contribution in [2.45, 2.75) is 117 Å². The van der Waals surface area contributed by atoms with Crippen LogP contribution < -0.4 is 0 Å². The molecule has 22 heavy (non-hydrogen) atoms. The van der Waals surface area contributed by atoms with Gasteiger partial charge >= 0.3 is 0 Å². The maximum atomic E-state index is 5.64. The van der Waals surface area contributed by atoms with Gasteiger partial charge in [-0.1, -0.05) is 97.3 Å². The van der Waals surface area contributed by atoms with Crippen molar-refractivity contribution in [2.75, 3.05) is 6.61 Å². The Hall–Kier alpha value is -0.110. The Morgan fingerprint density at radius 1 is 0.591 bits per heavy atom. The highest BCUT2D eigenvalue weighted by Gasteiger charge is 1.98. The van der Waals surface area contributed by atoms with Gasteiger partial charge in [0.25, 0.3) is 0 Å². The molecule has 0 spiro atoms. The standard InChI is InChI=1S/C20H40OS/c1-3-5-7-9-10-11-12-13-14-15-17-19-21-20(22)18-16-8-6-4-2/h3-19H2,1-2H3. The third-order valence-electron chi connectivity index (χ3n) is 4.25. The number of thiocarbonyl (C=S) groups is 1. The van der Waals surface area contributed by atoms with Crippen LogP contribution in [0.3, 0.4) is 0 Å². The normalized spacial score (nSPS) is 10.8. The molecule has 2 heteroatoms. The SMILES string of the molecule is CCCCCCCCCCCCCOC(=S)CCCCCC. The lowest BCUT2D eigenvalue weighted by Crippen LogP contribution is -2.03. The van der Waals surface area contributed by atoms with E-state index in [1.54, 1.807) is 0 Å². The first kappa shape index (κ1) is 21.9. The van der Waals surface area contributed by atoms with Gasteiger partial charge in [-0.15, -0.1) is 0 Å². The molecule has 1 nitrogen and oxygen atoms in total. The highest BCUT2D eigenvalue weighted by molar-refractivity contribution is 7.80. The molecule has 0 saturated heterocycles. The molecule has 0 aliphatic carbocycles. The van der Waals surface area contributed by atoms with E-state index in [0.717, 1.165) is 18.1 Å². The number of rotatable bonds is 17. The minimum absolute atomic E-state index is 0.836. The van der Waals surface area contributed by atoms with Crippen LogP contribution in [0.4, 0.5) is 0 Å². The fourth-order valence-electron chi connectivity index (χ4n) is 2.72. The summed E-state index contributed by atoms with van der Waals surface area (Å²) >= 11 is 5.26. The van der Waals surface area contributed by atoms with Crippen LogP contribution in [-0.2, 0) is 4.74 Å². The van der Waals surface area contributed by atoms with E-state index in [1.807, 2.05) is 0 Å². The molecule has 0 amide bonds. The minimum atomic E-state index is 0.836. The van der Waals surface area contributed by atoms with Crippen LogP contribution >= 0.6 is 12.2 Å². The zero-order valence-electron chi connectivity index (χ0n) is 15.3. The van der Waals surface area contributed by atoms with Crippen molar-refractivity contribution in [1.82, 2.24) is 0 Å². The smallest absolute Gasteiger partial charge is 0.159 e. The molecule has 0 radical (unpaired) electrons. The van der Waals surface area contributed by atoms with Gasteiger partial charge in [-0.05, 0) is 25.1 Å². The molecule has 0 atom stereocenters. The van der Waals surface area contributed by atoms with Crippen molar-refractivity contribution in [3.05, 3.63) is 0 Å². The van der Waals surface area contributed by atoms with E-state index in [9.17, 15) is 0 Å². The molecule has 0 aromatic heterocycles. The highest BCUT2D eigenvalue weighted by Crippen LogP contribution is 2.11. The van der Waals surface area contributed by atoms with Crippen molar-refractivity contribution in [1.29, 1.82) is 0 Å². The van der Waals surface area contributed by atoms with E-state index in [-0.39, 0.29) is 0 Å². The summed E-state index contributed by atoms with van der Waals surface area (Å²) in [7, 11) is 0. The van der Waals surface area contributed by atoms with Crippen molar-refractivity contribution in [2.24, 2.45) is 0 Å². The van der Waals surface area contributed by atoms with E-state index in [2.05, 4.69) is 13.8 Å². The Labute approximate surface area is 145 Å². The number of ether oxygens (including phenoxy) is 1. The molecule has 0 heterocycles. The predicted octanol–water partition coefficient (Wildman–Crippen LogP) is 7.61. The van der Waals surface area contributed by atoms with Gasteiger partial charge in [0, 0.05) is 6.42 Å². The molecule has 0 bridgehead atoms. The van der Waals surface area contributed by atoms with E-state index < -0.39 is 0 Å². The van der Waals surface area contributed by atoms with Crippen LogP contribution in [0.5, 0.6) is 0 Å². The molecular weight excluding hydrogens is 288 g/mol. The summed E-state index contributed by atoms with van der Waals surface area (Å²) in [6.07, 6.45) is 21.2. The van der Waals surface area contributed by atoms with Gasteiger partial charge in [-0.25, -0.2) is 0 Å². The highest BCUT2D eigenvalue weighted by atomic mass is 32.1. The summed E-state index contributed by atoms with van der Waals surface area (Å²) in [5.74, 6) is 0. The molecule has 0 aliphatic heterocycles. The summed E-state index contributed by atoms with van der Waals surface area (Å²) in [6.45, 7) is 5.35. The third kappa shape index (κ3) is 17.9. The van der Waals surface area contributed by atoms with E-state index in [1.165, 1.54) is 96.3 Å². The summed E-state index contributed by atoms with van der Waals surface area (Å²) < 4.78 is 5.64. The van der Waals surface area contributed by atoms with E-state index in [4.69, 9.17) is 17.0 Å². The number of hydrogen-bond acceptors (Lipinski definition) is 2. The lowest BCUT2D eigenvalue weighted by molar-refractivity contribution is 0.290. The van der Waals surface area contributed by atoms with Crippen molar-refractivity contribution in [3.63, 3.8) is 0 Å². The summed E-state index contributed by atoms with van der Waals surface area (Å²) in [5.41, 5.74) is 0. The third-order valence-corrected chi connectivity index (χ3v) is 4.57. The molecule has 0 aromatic carbocycles. The first-order valence-corrected chi connectivity index (χ1v) is 10.4. The lowest BCUT2D eigenvalue weighted by atomic mass is 10.1. The molecule has 0 fully saturated rings. The minimum Gasteiger partial charge on any atom is -0.487 e. The van der Waals surface area contributed by atoms with Crippen LogP contribution in [0.1, 0.15) is 117 Å². The van der Waals surface area contributed by atoms with Crippen LogP contribution in [0.25, 0.3) is 0 Å². The molecular formula is C20H40OS. The molecule has 0 aliphatic rings. The van der Waals surface area contributed by atoms with Crippen molar-refractivity contribution in [3.8, 4) is 0 Å². The molecule has 0 N–H and O–H groups in total. The van der Waals surface area contributed by atoms with Gasteiger partial charge in [-0.2, -0.15) is 0 Å². The fourth-order valence-corrected chi connectivity index (χ4v) is 2.95. The second kappa shape index (κ2) is 18.9. The summed E-state index contributed by atoms with van der Waals surface area (Å²) in [5, 5.41) is 0.836. The van der Waals surface area contributed by atoms with Gasteiger partial charge < -0.3 is 4.74 Å². The monoisotopic (exact) mass is 328 g/mol. The fraction of sp³-hybridized carbons (Fsp3) is 0.950. The predicted molar refractivity (Wildman–Crippen MR) is 104 cm³/mol. The maximum Gasteiger partial charge on any atom is 0.159 e. The zero-order chi connectivity index (χ0) is 16.3. The Bertz CT molecular complexity index is 228. The van der Waals surface area contributed by atoms with E-state index in [0.29, 0.717) is 0 Å². The Morgan fingerprint density at radius 3 is 1.50 bits per heavy atom. The average Bonchev–Trinajstić information content (AvgIpc) is 2.52. The number of unbranched alkanes of at least 4 members (excludes halogenated alkanes) is 13. The van der Waals surface area contributed by atoms with Crippen molar-refractivity contribution < 1.29 is 4.74 Å². The van der Waals surface area contributed by atoms with Gasteiger partial charge in [0.2, 0.25) is 0 Å². The number of hydrogen-bond donors (Lipinski definition) is 0. The molecule has 0 saturated carbocycles. The first-order chi connectivity index (χ1) is 10.8. The van der Waals surface area contributed by atoms with Gasteiger partial charge in [0.05, 0.1) is 6.61 Å². The van der Waals surface area contributed by atoms with Gasteiger partial charge in [0.1, 0.15) is 0 Å². The first-order valence-electron chi connectivity index (χ1n) is 9.96. The van der Waals surface area contributed by atoms with Crippen LogP contribution in [0.2, 0.25) is 0 Å². The van der Waals surface area contributed by atoms with Gasteiger partial charge in [0.15, 0.2) is 5.05 Å². The Balaban J connectivity index is 3.08. The maximum absolute atomic E-state index is 5.64. The largest absolute Gasteiger partial charge is 0.487 e. The van der Waals surface area contributed by atoms with Crippen LogP contribution in [0, 0.1) is 0 Å². The Kier molecular flexibility index (Phi) is 18.8. The lowest BCUT2D eigenvalue weighted by Gasteiger charge is -2.07. The Morgan fingerprint density at radius 2 is 1.00 bits per heavy atom. The van der Waals surface area contributed by atoms with E-state index >= 15 is 0 Å². The van der Waals surface area contributed by atoms with Crippen LogP contribution in [-0.4, -0.2) is 11.7 Å². The topological polar surface area (TPSA) is 9.23 Å². The van der Waals surface area contributed by atoms with Gasteiger partial charge in [-0.3, -0.25) is 0 Å². The molecule has 0 aromatic rings.